The highest BCUT2D eigenvalue weighted by molar-refractivity contribution is 5.65. The van der Waals surface area contributed by atoms with Crippen LogP contribution in [-0.2, 0) is 0 Å². The number of hydrogen-bond donors (Lipinski definition) is 2. The van der Waals surface area contributed by atoms with Crippen LogP contribution in [0, 0.1) is 0 Å². The quantitative estimate of drug-likeness (QED) is 0.521. The van der Waals surface area contributed by atoms with E-state index in [2.05, 4.69) is 0 Å². The number of hydrogen-bond acceptors (Lipinski definition) is 3. The number of hydroxylamine groups is 1. The molecule has 3 nitrogen and oxygen atoms in total. The summed E-state index contributed by atoms with van der Waals surface area (Å²) in [7, 11) is 0. The number of para-hydroxylation sites is 2. The van der Waals surface area contributed by atoms with Crippen LogP contribution in [0.5, 0.6) is 0 Å². The zero-order valence-electron chi connectivity index (χ0n) is 7.36. The van der Waals surface area contributed by atoms with Crippen LogP contribution in [0.15, 0.2) is 24.3 Å². The molecular weight excluding hydrogens is 152 g/mol. The Kier molecular flexibility index (Phi) is 2.55. The number of nitrogens with zero attached hydrogens (tertiary/aromatic N) is 1. The van der Waals surface area contributed by atoms with Crippen molar-refractivity contribution in [3.8, 4) is 0 Å². The molecule has 0 amide bonds. The molecule has 1 rings (SSSR count). The first kappa shape index (κ1) is 8.87. The van der Waals surface area contributed by atoms with E-state index in [-0.39, 0.29) is 6.04 Å². The van der Waals surface area contributed by atoms with Gasteiger partial charge in [0, 0.05) is 0 Å². The summed E-state index contributed by atoms with van der Waals surface area (Å²) in [5, 5.41) is 10.7. The molecule has 0 saturated heterocycles. The van der Waals surface area contributed by atoms with Crippen molar-refractivity contribution in [2.45, 2.75) is 19.9 Å². The molecule has 1 aromatic rings. The first-order valence-electron chi connectivity index (χ1n) is 3.95. The normalized spacial score (nSPS) is 10.3. The molecule has 3 N–H and O–H groups in total. The molecule has 0 heterocycles. The maximum absolute atomic E-state index is 9.53. The maximum Gasteiger partial charge on any atom is 0.0866 e. The smallest absolute Gasteiger partial charge is 0.0866 e. The zero-order valence-corrected chi connectivity index (χ0v) is 7.36. The highest BCUT2D eigenvalue weighted by Gasteiger charge is 2.08. The van der Waals surface area contributed by atoms with Crippen LogP contribution in [0.4, 0.5) is 11.4 Å². The standard InChI is InChI=1S/C9H14N2O/c1-7(2)11(12)9-6-4-3-5-8(9)10/h3-7,12H,10H2,1-2H3. The van der Waals surface area contributed by atoms with Crippen LogP contribution >= 0.6 is 0 Å². The topological polar surface area (TPSA) is 49.5 Å². The van der Waals surface area contributed by atoms with Crippen molar-refractivity contribution in [3.63, 3.8) is 0 Å². The Bertz CT molecular complexity index is 260. The van der Waals surface area contributed by atoms with Crippen LogP contribution in [0.25, 0.3) is 0 Å². The number of rotatable bonds is 2. The third-order valence-corrected chi connectivity index (χ3v) is 1.67. The van der Waals surface area contributed by atoms with Gasteiger partial charge in [-0.15, -0.1) is 0 Å². The predicted molar refractivity (Wildman–Crippen MR) is 50.3 cm³/mol. The summed E-state index contributed by atoms with van der Waals surface area (Å²) in [6, 6.07) is 7.27. The summed E-state index contributed by atoms with van der Waals surface area (Å²) in [6.07, 6.45) is 0. The molecule has 66 valence electrons. The lowest BCUT2D eigenvalue weighted by Gasteiger charge is -2.22. The fraction of sp³-hybridized carbons (Fsp3) is 0.333. The van der Waals surface area contributed by atoms with Crippen LogP contribution in [0.1, 0.15) is 13.8 Å². The molecule has 0 bridgehead atoms. The third kappa shape index (κ3) is 1.68. The predicted octanol–water partition coefficient (Wildman–Crippen LogP) is 1.87. The van der Waals surface area contributed by atoms with Crippen LogP contribution in [-0.4, -0.2) is 11.2 Å². The van der Waals surface area contributed by atoms with Gasteiger partial charge in [0.2, 0.25) is 0 Å². The van der Waals surface area contributed by atoms with E-state index in [1.54, 1.807) is 12.1 Å². The fourth-order valence-electron chi connectivity index (χ4n) is 0.974. The molecule has 0 aliphatic carbocycles. The second kappa shape index (κ2) is 3.45. The van der Waals surface area contributed by atoms with Gasteiger partial charge in [-0.1, -0.05) is 12.1 Å². The van der Waals surface area contributed by atoms with Gasteiger partial charge in [0.25, 0.3) is 0 Å². The highest BCUT2D eigenvalue weighted by Crippen LogP contribution is 2.22. The van der Waals surface area contributed by atoms with E-state index in [0.29, 0.717) is 11.4 Å². The Morgan fingerprint density at radius 2 is 1.92 bits per heavy atom. The second-order valence-corrected chi connectivity index (χ2v) is 3.00. The lowest BCUT2D eigenvalue weighted by Crippen LogP contribution is -2.27. The van der Waals surface area contributed by atoms with E-state index in [1.165, 1.54) is 0 Å². The second-order valence-electron chi connectivity index (χ2n) is 3.00. The summed E-state index contributed by atoms with van der Waals surface area (Å²) >= 11 is 0. The van der Waals surface area contributed by atoms with Gasteiger partial charge in [0.05, 0.1) is 17.4 Å². The molecule has 0 aliphatic heterocycles. The molecule has 0 atom stereocenters. The first-order chi connectivity index (χ1) is 5.63. The molecule has 0 radical (unpaired) electrons. The molecule has 1 aromatic carbocycles. The minimum absolute atomic E-state index is 0.0368. The van der Waals surface area contributed by atoms with E-state index in [4.69, 9.17) is 5.73 Å². The highest BCUT2D eigenvalue weighted by atomic mass is 16.5. The van der Waals surface area contributed by atoms with E-state index in [9.17, 15) is 5.21 Å². The Balaban J connectivity index is 2.94. The Labute approximate surface area is 72.4 Å². The molecule has 0 unspecified atom stereocenters. The maximum atomic E-state index is 9.53. The Hall–Kier alpha value is -1.22. The zero-order chi connectivity index (χ0) is 9.14. The van der Waals surface area contributed by atoms with Crippen molar-refractivity contribution in [1.29, 1.82) is 0 Å². The van der Waals surface area contributed by atoms with Crippen molar-refractivity contribution in [1.82, 2.24) is 0 Å². The first-order valence-corrected chi connectivity index (χ1v) is 3.95. The molecule has 0 aliphatic rings. The summed E-state index contributed by atoms with van der Waals surface area (Å²) in [4.78, 5) is 0. The molecule has 12 heavy (non-hydrogen) atoms. The van der Waals surface area contributed by atoms with E-state index in [0.717, 1.165) is 5.06 Å². The number of nitrogen functional groups attached to an aromatic ring is 1. The molecule has 0 aromatic heterocycles. The lowest BCUT2D eigenvalue weighted by atomic mass is 10.2. The molecular formula is C9H14N2O. The minimum atomic E-state index is 0.0368. The van der Waals surface area contributed by atoms with Gasteiger partial charge in [-0.3, -0.25) is 10.3 Å². The average Bonchev–Trinajstić information content (AvgIpc) is 2.04. The van der Waals surface area contributed by atoms with Crippen LogP contribution < -0.4 is 10.8 Å². The van der Waals surface area contributed by atoms with Crippen LogP contribution in [0.2, 0.25) is 0 Å². The Morgan fingerprint density at radius 1 is 1.33 bits per heavy atom. The molecule has 3 heteroatoms. The van der Waals surface area contributed by atoms with Gasteiger partial charge >= 0.3 is 0 Å². The number of nitrogens with two attached hydrogens (primary N) is 1. The van der Waals surface area contributed by atoms with Gasteiger partial charge in [0.15, 0.2) is 0 Å². The molecule has 0 fully saturated rings. The van der Waals surface area contributed by atoms with Crippen LogP contribution in [0.3, 0.4) is 0 Å². The van der Waals surface area contributed by atoms with Crippen molar-refractivity contribution < 1.29 is 5.21 Å². The van der Waals surface area contributed by atoms with E-state index >= 15 is 0 Å². The summed E-state index contributed by atoms with van der Waals surface area (Å²) in [5.41, 5.74) is 6.91. The number of anilines is 2. The lowest BCUT2D eigenvalue weighted by molar-refractivity contribution is 0.229. The van der Waals surface area contributed by atoms with Crippen molar-refractivity contribution in [2.24, 2.45) is 0 Å². The summed E-state index contributed by atoms with van der Waals surface area (Å²) in [6.45, 7) is 3.79. The van der Waals surface area contributed by atoms with Gasteiger partial charge in [-0.25, -0.2) is 0 Å². The number of benzene rings is 1. The Morgan fingerprint density at radius 3 is 2.42 bits per heavy atom. The molecule has 0 spiro atoms. The van der Waals surface area contributed by atoms with Crippen molar-refractivity contribution in [3.05, 3.63) is 24.3 Å². The summed E-state index contributed by atoms with van der Waals surface area (Å²) in [5.74, 6) is 0. The van der Waals surface area contributed by atoms with Gasteiger partial charge in [0.1, 0.15) is 0 Å². The summed E-state index contributed by atoms with van der Waals surface area (Å²) < 4.78 is 0. The van der Waals surface area contributed by atoms with Gasteiger partial charge in [-0.2, -0.15) is 0 Å². The van der Waals surface area contributed by atoms with E-state index < -0.39 is 0 Å². The largest absolute Gasteiger partial charge is 0.397 e. The average molecular weight is 166 g/mol. The van der Waals surface area contributed by atoms with Crippen molar-refractivity contribution >= 4 is 11.4 Å². The van der Waals surface area contributed by atoms with E-state index in [1.807, 2.05) is 26.0 Å². The monoisotopic (exact) mass is 166 g/mol. The molecule has 0 saturated carbocycles. The van der Waals surface area contributed by atoms with Gasteiger partial charge in [-0.05, 0) is 26.0 Å². The van der Waals surface area contributed by atoms with Crippen molar-refractivity contribution in [2.75, 3.05) is 10.8 Å². The minimum Gasteiger partial charge on any atom is -0.397 e. The SMILES string of the molecule is CC(C)N(O)c1ccccc1N. The fourth-order valence-corrected chi connectivity index (χ4v) is 0.974. The van der Waals surface area contributed by atoms with Gasteiger partial charge < -0.3 is 5.73 Å². The third-order valence-electron chi connectivity index (χ3n) is 1.67.